The molecular weight excluding hydrogens is 232 g/mol. The summed E-state index contributed by atoms with van der Waals surface area (Å²) in [5.41, 5.74) is 0. The molecular formula is C12H20N4O2. The minimum atomic E-state index is -0.0513. The maximum absolute atomic E-state index is 11.8. The number of piperazine rings is 1. The maximum atomic E-state index is 11.8. The van der Waals surface area contributed by atoms with Crippen molar-refractivity contribution < 1.29 is 9.32 Å². The molecule has 0 radical (unpaired) electrons. The van der Waals surface area contributed by atoms with Gasteiger partial charge in [0.2, 0.25) is 5.91 Å². The first-order valence-corrected chi connectivity index (χ1v) is 6.24. The lowest BCUT2D eigenvalue weighted by molar-refractivity contribution is -0.117. The third kappa shape index (κ3) is 3.54. The van der Waals surface area contributed by atoms with Gasteiger partial charge in [0.05, 0.1) is 6.54 Å². The molecule has 1 aliphatic heterocycles. The average molecular weight is 252 g/mol. The second kappa shape index (κ2) is 5.49. The second-order valence-corrected chi connectivity index (χ2v) is 5.03. The van der Waals surface area contributed by atoms with E-state index < -0.39 is 0 Å². The van der Waals surface area contributed by atoms with Crippen LogP contribution in [0, 0.1) is 6.92 Å². The third-order valence-corrected chi connectivity index (χ3v) is 2.90. The fraction of sp³-hybridized carbons (Fsp3) is 0.667. The molecule has 0 aliphatic carbocycles. The highest BCUT2D eigenvalue weighted by Gasteiger charge is 2.22. The number of hydrogen-bond donors (Lipinski definition) is 2. The van der Waals surface area contributed by atoms with E-state index in [4.69, 9.17) is 4.52 Å². The predicted octanol–water partition coefficient (Wildman–Crippen LogP) is 0.604. The van der Waals surface area contributed by atoms with Crippen LogP contribution in [0.5, 0.6) is 0 Å². The minimum absolute atomic E-state index is 0.0513. The minimum Gasteiger partial charge on any atom is -0.360 e. The molecule has 2 rings (SSSR count). The topological polar surface area (TPSA) is 70.4 Å². The van der Waals surface area contributed by atoms with Gasteiger partial charge >= 0.3 is 0 Å². The van der Waals surface area contributed by atoms with Crippen molar-refractivity contribution in [3.05, 3.63) is 11.8 Å². The molecule has 18 heavy (non-hydrogen) atoms. The van der Waals surface area contributed by atoms with Crippen molar-refractivity contribution >= 4 is 11.7 Å². The van der Waals surface area contributed by atoms with E-state index in [1.165, 1.54) is 0 Å². The van der Waals surface area contributed by atoms with Gasteiger partial charge in [-0.1, -0.05) is 5.16 Å². The van der Waals surface area contributed by atoms with E-state index in [0.29, 0.717) is 30.2 Å². The molecule has 1 aliphatic rings. The van der Waals surface area contributed by atoms with E-state index in [-0.39, 0.29) is 5.91 Å². The van der Waals surface area contributed by atoms with Crippen molar-refractivity contribution in [1.82, 2.24) is 15.4 Å². The van der Waals surface area contributed by atoms with Crippen molar-refractivity contribution in [3.63, 3.8) is 0 Å². The number of rotatable bonds is 3. The zero-order chi connectivity index (χ0) is 13.1. The van der Waals surface area contributed by atoms with Crippen LogP contribution in [0.25, 0.3) is 0 Å². The molecule has 1 saturated heterocycles. The molecule has 0 saturated carbocycles. The number of aryl methyl sites for hydroxylation is 1. The molecule has 6 nitrogen and oxygen atoms in total. The van der Waals surface area contributed by atoms with E-state index in [0.717, 1.165) is 13.1 Å². The fourth-order valence-electron chi connectivity index (χ4n) is 2.38. The summed E-state index contributed by atoms with van der Waals surface area (Å²) in [6.45, 7) is 8.21. The number of aromatic nitrogens is 1. The second-order valence-electron chi connectivity index (χ2n) is 5.03. The Morgan fingerprint density at radius 3 is 2.78 bits per heavy atom. The van der Waals surface area contributed by atoms with E-state index in [9.17, 15) is 4.79 Å². The number of carbonyl (C=O) groups excluding carboxylic acids is 1. The molecule has 2 N–H and O–H groups in total. The zero-order valence-electron chi connectivity index (χ0n) is 11.1. The molecule has 1 aromatic rings. The lowest BCUT2D eigenvalue weighted by atomic mass is 10.1. The Labute approximate surface area is 107 Å². The van der Waals surface area contributed by atoms with Gasteiger partial charge in [-0.15, -0.1) is 0 Å². The van der Waals surface area contributed by atoms with Crippen LogP contribution in [0.15, 0.2) is 10.6 Å². The zero-order valence-corrected chi connectivity index (χ0v) is 11.1. The standard InChI is InChI=1S/C12H20N4O2/c1-8-5-16(6-9(2)13-8)7-12(17)14-11-4-10(3)18-15-11/h4,8-9,13H,5-7H2,1-3H3,(H,14,15,17). The number of nitrogens with one attached hydrogen (secondary N) is 2. The largest absolute Gasteiger partial charge is 0.360 e. The van der Waals surface area contributed by atoms with E-state index in [1.807, 2.05) is 0 Å². The summed E-state index contributed by atoms with van der Waals surface area (Å²) < 4.78 is 4.90. The first-order valence-electron chi connectivity index (χ1n) is 6.24. The summed E-state index contributed by atoms with van der Waals surface area (Å²) >= 11 is 0. The molecule has 0 spiro atoms. The van der Waals surface area contributed by atoms with Gasteiger partial charge in [0.15, 0.2) is 5.82 Å². The van der Waals surface area contributed by atoms with Gasteiger partial charge in [-0.05, 0) is 20.8 Å². The van der Waals surface area contributed by atoms with Gasteiger partial charge < -0.3 is 15.2 Å². The molecule has 1 aromatic heterocycles. The Hall–Kier alpha value is -1.40. The first-order chi connectivity index (χ1) is 8.52. The van der Waals surface area contributed by atoms with E-state index in [2.05, 4.69) is 34.5 Å². The summed E-state index contributed by atoms with van der Waals surface area (Å²) in [5.74, 6) is 1.12. The van der Waals surface area contributed by atoms with Crippen LogP contribution in [0.1, 0.15) is 19.6 Å². The summed E-state index contributed by atoms with van der Waals surface area (Å²) in [7, 11) is 0. The SMILES string of the molecule is Cc1cc(NC(=O)CN2CC(C)NC(C)C2)no1. The Balaban J connectivity index is 1.83. The lowest BCUT2D eigenvalue weighted by Gasteiger charge is -2.35. The van der Waals surface area contributed by atoms with Crippen LogP contribution in [-0.4, -0.2) is 47.7 Å². The summed E-state index contributed by atoms with van der Waals surface area (Å²) in [4.78, 5) is 14.0. The number of carbonyl (C=O) groups is 1. The molecule has 2 atom stereocenters. The Morgan fingerprint density at radius 1 is 1.56 bits per heavy atom. The fourth-order valence-corrected chi connectivity index (χ4v) is 2.38. The Bertz CT molecular complexity index is 408. The van der Waals surface area contributed by atoms with Crippen LogP contribution in [0.4, 0.5) is 5.82 Å². The van der Waals surface area contributed by atoms with Crippen molar-refractivity contribution in [3.8, 4) is 0 Å². The molecule has 0 bridgehead atoms. The third-order valence-electron chi connectivity index (χ3n) is 2.90. The van der Waals surface area contributed by atoms with Crippen molar-refractivity contribution in [2.45, 2.75) is 32.9 Å². The van der Waals surface area contributed by atoms with Crippen LogP contribution in [0.3, 0.4) is 0 Å². The highest BCUT2D eigenvalue weighted by molar-refractivity contribution is 5.91. The van der Waals surface area contributed by atoms with Crippen molar-refractivity contribution in [2.24, 2.45) is 0 Å². The Morgan fingerprint density at radius 2 is 2.22 bits per heavy atom. The van der Waals surface area contributed by atoms with Crippen LogP contribution >= 0.6 is 0 Å². The van der Waals surface area contributed by atoms with Crippen LogP contribution < -0.4 is 10.6 Å². The Kier molecular flexibility index (Phi) is 3.98. The van der Waals surface area contributed by atoms with Crippen molar-refractivity contribution in [1.29, 1.82) is 0 Å². The molecule has 1 fully saturated rings. The molecule has 1 amide bonds. The van der Waals surface area contributed by atoms with Crippen LogP contribution in [-0.2, 0) is 4.79 Å². The van der Waals surface area contributed by atoms with Gasteiger partial charge in [0.1, 0.15) is 5.76 Å². The summed E-state index contributed by atoms with van der Waals surface area (Å²) in [5, 5.41) is 9.91. The van der Waals surface area contributed by atoms with E-state index >= 15 is 0 Å². The molecule has 2 unspecified atom stereocenters. The predicted molar refractivity (Wildman–Crippen MR) is 68.4 cm³/mol. The van der Waals surface area contributed by atoms with E-state index in [1.54, 1.807) is 13.0 Å². The van der Waals surface area contributed by atoms with Gasteiger partial charge in [-0.3, -0.25) is 9.69 Å². The molecule has 2 heterocycles. The number of nitrogens with zero attached hydrogens (tertiary/aromatic N) is 2. The molecule has 0 aromatic carbocycles. The molecule has 6 heteroatoms. The number of hydrogen-bond acceptors (Lipinski definition) is 5. The van der Waals surface area contributed by atoms with Gasteiger partial charge in [0.25, 0.3) is 0 Å². The molecule has 100 valence electrons. The average Bonchev–Trinajstić information content (AvgIpc) is 2.61. The lowest BCUT2D eigenvalue weighted by Crippen LogP contribution is -2.55. The normalized spacial score (nSPS) is 25.1. The first kappa shape index (κ1) is 13.0. The monoisotopic (exact) mass is 252 g/mol. The summed E-state index contributed by atoms with van der Waals surface area (Å²) in [6, 6.07) is 2.53. The number of amides is 1. The maximum Gasteiger partial charge on any atom is 0.239 e. The van der Waals surface area contributed by atoms with Gasteiger partial charge in [0, 0.05) is 31.2 Å². The quantitative estimate of drug-likeness (QED) is 0.824. The van der Waals surface area contributed by atoms with Crippen molar-refractivity contribution in [2.75, 3.05) is 25.0 Å². The summed E-state index contributed by atoms with van der Waals surface area (Å²) in [6.07, 6.45) is 0. The number of anilines is 1. The van der Waals surface area contributed by atoms with Gasteiger partial charge in [-0.2, -0.15) is 0 Å². The van der Waals surface area contributed by atoms with Gasteiger partial charge in [-0.25, -0.2) is 0 Å². The van der Waals surface area contributed by atoms with Crippen LogP contribution in [0.2, 0.25) is 0 Å². The highest BCUT2D eigenvalue weighted by Crippen LogP contribution is 2.08. The highest BCUT2D eigenvalue weighted by atomic mass is 16.5. The smallest absolute Gasteiger partial charge is 0.239 e.